The zero-order chi connectivity index (χ0) is 22.7. The molecule has 2 aromatic carbocycles. The molecule has 32 heavy (non-hydrogen) atoms. The Bertz CT molecular complexity index is 1130. The lowest BCUT2D eigenvalue weighted by atomic mass is 10.1. The molecule has 1 aromatic heterocycles. The number of carbonyl (C=O) groups excluding carboxylic acids is 2. The highest BCUT2D eigenvalue weighted by atomic mass is 19.1. The number of hydrogen-bond donors (Lipinski definition) is 2. The summed E-state index contributed by atoms with van der Waals surface area (Å²) in [5, 5.41) is 10.7. The Kier molecular flexibility index (Phi) is 6.36. The molecule has 1 aliphatic heterocycles. The summed E-state index contributed by atoms with van der Waals surface area (Å²) < 4.78 is 18.7. The number of fused-ring (bicyclic) bond motifs is 1. The van der Waals surface area contributed by atoms with Gasteiger partial charge in [0, 0.05) is 31.1 Å². The van der Waals surface area contributed by atoms with Gasteiger partial charge in [0.05, 0.1) is 12.1 Å². The summed E-state index contributed by atoms with van der Waals surface area (Å²) in [6.45, 7) is 3.82. The number of hydrogen-bond acceptors (Lipinski definition) is 5. The molecule has 4 rings (SSSR count). The molecular formula is C23H26FN5O3. The van der Waals surface area contributed by atoms with Crippen molar-refractivity contribution in [3.05, 3.63) is 59.5 Å². The maximum atomic E-state index is 13.2. The zero-order valence-corrected chi connectivity index (χ0v) is 18.1. The maximum absolute atomic E-state index is 13.2. The van der Waals surface area contributed by atoms with E-state index in [1.165, 1.54) is 12.1 Å². The van der Waals surface area contributed by atoms with Gasteiger partial charge in [-0.25, -0.2) is 4.39 Å². The topological polar surface area (TPSA) is 90.6 Å². The molecule has 0 radical (unpaired) electrons. The van der Waals surface area contributed by atoms with Gasteiger partial charge in [-0.1, -0.05) is 17.7 Å². The number of amides is 2. The van der Waals surface area contributed by atoms with Crippen LogP contribution in [0, 0.1) is 12.7 Å². The molecule has 168 valence electrons. The molecular weight excluding hydrogens is 413 g/mol. The fraction of sp³-hybridized carbons (Fsp3) is 0.348. The van der Waals surface area contributed by atoms with Gasteiger partial charge in [0.15, 0.2) is 5.69 Å². The largest absolute Gasteiger partial charge is 0.492 e. The molecule has 9 heteroatoms. The molecule has 0 bridgehead atoms. The summed E-state index contributed by atoms with van der Waals surface area (Å²) in [5.74, 6) is -0.343. The van der Waals surface area contributed by atoms with Gasteiger partial charge in [-0.2, -0.15) is 5.10 Å². The maximum Gasteiger partial charge on any atom is 0.275 e. The second kappa shape index (κ2) is 9.35. The van der Waals surface area contributed by atoms with E-state index >= 15 is 0 Å². The van der Waals surface area contributed by atoms with E-state index in [0.717, 1.165) is 16.5 Å². The summed E-state index contributed by atoms with van der Waals surface area (Å²) in [6, 6.07) is 11.2. The highest BCUT2D eigenvalue weighted by molar-refractivity contribution is 6.05. The van der Waals surface area contributed by atoms with Crippen molar-refractivity contribution in [1.82, 2.24) is 25.3 Å². The number of nitrogens with zero attached hydrogens (tertiary/aromatic N) is 3. The third-order valence-electron chi connectivity index (χ3n) is 5.62. The van der Waals surface area contributed by atoms with E-state index in [1.54, 1.807) is 17.0 Å². The average Bonchev–Trinajstić information content (AvgIpc) is 3.19. The molecule has 0 unspecified atom stereocenters. The first-order valence-electron chi connectivity index (χ1n) is 10.5. The summed E-state index contributed by atoms with van der Waals surface area (Å²) in [5.41, 5.74) is 2.22. The Morgan fingerprint density at radius 1 is 1.25 bits per heavy atom. The summed E-state index contributed by atoms with van der Waals surface area (Å²) in [6.07, 6.45) is 0. The van der Waals surface area contributed by atoms with Crippen molar-refractivity contribution in [3.63, 3.8) is 0 Å². The number of nitrogens with one attached hydrogen (secondary N) is 2. The summed E-state index contributed by atoms with van der Waals surface area (Å²) >= 11 is 0. The molecule has 1 fully saturated rings. The van der Waals surface area contributed by atoms with Crippen LogP contribution < -0.4 is 10.1 Å². The number of carbonyl (C=O) groups is 2. The van der Waals surface area contributed by atoms with E-state index in [4.69, 9.17) is 4.74 Å². The first-order valence-corrected chi connectivity index (χ1v) is 10.5. The lowest BCUT2D eigenvalue weighted by Gasteiger charge is -2.38. The Morgan fingerprint density at radius 2 is 2.09 bits per heavy atom. The number of H-pyrrole nitrogens is 1. The summed E-state index contributed by atoms with van der Waals surface area (Å²) in [7, 11) is 1.86. The van der Waals surface area contributed by atoms with Crippen molar-refractivity contribution in [2.24, 2.45) is 0 Å². The van der Waals surface area contributed by atoms with Crippen LogP contribution in [0.3, 0.4) is 0 Å². The van der Waals surface area contributed by atoms with Gasteiger partial charge in [-0.15, -0.1) is 0 Å². The molecule has 2 heterocycles. The zero-order valence-electron chi connectivity index (χ0n) is 18.1. The third kappa shape index (κ3) is 4.72. The van der Waals surface area contributed by atoms with E-state index in [9.17, 15) is 14.0 Å². The van der Waals surface area contributed by atoms with E-state index in [2.05, 4.69) is 15.5 Å². The van der Waals surface area contributed by atoms with Crippen LogP contribution in [0.15, 0.2) is 42.5 Å². The predicted molar refractivity (Wildman–Crippen MR) is 118 cm³/mol. The molecule has 0 saturated carbocycles. The Morgan fingerprint density at radius 3 is 2.91 bits per heavy atom. The van der Waals surface area contributed by atoms with Gasteiger partial charge >= 0.3 is 0 Å². The fourth-order valence-corrected chi connectivity index (χ4v) is 3.80. The van der Waals surface area contributed by atoms with Crippen LogP contribution in [0.5, 0.6) is 5.75 Å². The molecule has 2 amide bonds. The van der Waals surface area contributed by atoms with Crippen molar-refractivity contribution < 1.29 is 18.7 Å². The molecule has 2 N–H and O–H groups in total. The number of benzene rings is 2. The fourth-order valence-electron chi connectivity index (χ4n) is 3.80. The number of aromatic nitrogens is 2. The second-order valence-electron chi connectivity index (χ2n) is 7.97. The normalized spacial score (nSPS) is 16.8. The SMILES string of the molecule is Cc1ccc2[nH]nc(C(=O)N3CCN(C)[C@@H](C(=O)NCCOc4cccc(F)c4)C3)c2c1. The lowest BCUT2D eigenvalue weighted by molar-refractivity contribution is -0.127. The van der Waals surface area contributed by atoms with E-state index in [1.807, 2.05) is 37.1 Å². The highest BCUT2D eigenvalue weighted by Crippen LogP contribution is 2.20. The number of ether oxygens (including phenoxy) is 1. The third-order valence-corrected chi connectivity index (χ3v) is 5.62. The van der Waals surface area contributed by atoms with Gasteiger partial charge in [0.2, 0.25) is 5.91 Å². The summed E-state index contributed by atoms with van der Waals surface area (Å²) in [4.78, 5) is 29.5. The first-order chi connectivity index (χ1) is 15.4. The number of likely N-dealkylation sites (N-methyl/N-ethyl adjacent to an activating group) is 1. The second-order valence-corrected chi connectivity index (χ2v) is 7.97. The van der Waals surface area contributed by atoms with Crippen molar-refractivity contribution in [3.8, 4) is 5.75 Å². The van der Waals surface area contributed by atoms with Gasteiger partial charge in [-0.05, 0) is 38.2 Å². The van der Waals surface area contributed by atoms with Gasteiger partial charge in [0.25, 0.3) is 5.91 Å². The number of rotatable bonds is 6. The van der Waals surface area contributed by atoms with Crippen molar-refractivity contribution in [2.45, 2.75) is 13.0 Å². The molecule has 0 spiro atoms. The molecule has 3 aromatic rings. The molecule has 8 nitrogen and oxygen atoms in total. The quantitative estimate of drug-likeness (QED) is 0.573. The highest BCUT2D eigenvalue weighted by Gasteiger charge is 2.33. The van der Waals surface area contributed by atoms with Crippen molar-refractivity contribution in [1.29, 1.82) is 0 Å². The standard InChI is InChI=1S/C23H26FN5O3/c1-15-6-7-19-18(12-15)21(27-26-19)23(31)29-10-9-28(2)20(14-29)22(30)25-8-11-32-17-5-3-4-16(24)13-17/h3-7,12-13,20H,8-11,14H2,1-2H3,(H,25,30)(H,26,27)/t20-/m1/s1. The minimum atomic E-state index is -0.478. The molecule has 1 atom stereocenters. The van der Waals surface area contributed by atoms with E-state index in [0.29, 0.717) is 24.5 Å². The average molecular weight is 439 g/mol. The van der Waals surface area contributed by atoms with E-state index in [-0.39, 0.29) is 37.3 Å². The molecule has 1 aliphatic rings. The van der Waals surface area contributed by atoms with Gasteiger partial charge < -0.3 is 15.0 Å². The minimum absolute atomic E-state index is 0.185. The van der Waals surface area contributed by atoms with Crippen molar-refractivity contribution >= 4 is 22.7 Å². The van der Waals surface area contributed by atoms with Crippen molar-refractivity contribution in [2.75, 3.05) is 39.8 Å². The minimum Gasteiger partial charge on any atom is -0.492 e. The van der Waals surface area contributed by atoms with Crippen LogP contribution in [0.25, 0.3) is 10.9 Å². The number of aromatic amines is 1. The van der Waals surface area contributed by atoms with Crippen LogP contribution >= 0.6 is 0 Å². The first kappa shape index (κ1) is 21.8. The van der Waals surface area contributed by atoms with Crippen LogP contribution in [-0.2, 0) is 4.79 Å². The van der Waals surface area contributed by atoms with Gasteiger partial charge in [-0.3, -0.25) is 19.6 Å². The number of halogens is 1. The van der Waals surface area contributed by atoms with Crippen LogP contribution in [0.4, 0.5) is 4.39 Å². The predicted octanol–water partition coefficient (Wildman–Crippen LogP) is 1.96. The molecule has 1 saturated heterocycles. The van der Waals surface area contributed by atoms with Crippen LogP contribution in [0.2, 0.25) is 0 Å². The smallest absolute Gasteiger partial charge is 0.275 e. The van der Waals surface area contributed by atoms with Gasteiger partial charge in [0.1, 0.15) is 24.2 Å². The monoisotopic (exact) mass is 439 g/mol. The Labute approximate surface area is 185 Å². The van der Waals surface area contributed by atoms with Crippen LogP contribution in [-0.4, -0.2) is 77.7 Å². The Balaban J connectivity index is 1.35. The molecule has 0 aliphatic carbocycles. The van der Waals surface area contributed by atoms with E-state index < -0.39 is 6.04 Å². The Hall–Kier alpha value is -3.46. The number of aryl methyl sites for hydroxylation is 1. The lowest BCUT2D eigenvalue weighted by Crippen LogP contribution is -2.59. The van der Waals surface area contributed by atoms with Crippen LogP contribution in [0.1, 0.15) is 16.1 Å². The number of piperazine rings is 1.